The molecule has 0 bridgehead atoms. The number of halogens is 6. The van der Waals surface area contributed by atoms with Crippen molar-refractivity contribution in [2.75, 3.05) is 56.0 Å². The Balaban J connectivity index is 1.41. The maximum absolute atomic E-state index is 14.9. The van der Waals surface area contributed by atoms with Crippen LogP contribution >= 0.6 is 11.6 Å². The van der Waals surface area contributed by atoms with Crippen LogP contribution in [0.15, 0.2) is 30.3 Å². The quantitative estimate of drug-likeness (QED) is 0.406. The van der Waals surface area contributed by atoms with E-state index in [4.69, 9.17) is 11.6 Å². The molecule has 2 fully saturated rings. The second kappa shape index (κ2) is 12.6. The Kier molecular flexibility index (Phi) is 9.45. The van der Waals surface area contributed by atoms with Crippen molar-refractivity contribution in [2.24, 2.45) is 0 Å². The number of nitrogens with one attached hydrogen (secondary N) is 3. The Morgan fingerprint density at radius 2 is 1.84 bits per heavy atom. The predicted molar refractivity (Wildman–Crippen MR) is 138 cm³/mol. The summed E-state index contributed by atoms with van der Waals surface area (Å²) in [7, 11) is 0. The number of amides is 1. The summed E-state index contributed by atoms with van der Waals surface area (Å²) in [5.74, 6) is -3.11. The van der Waals surface area contributed by atoms with E-state index in [1.54, 1.807) is 23.1 Å². The summed E-state index contributed by atoms with van der Waals surface area (Å²) in [6.07, 6.45) is -3.13. The number of hydrogen-bond acceptors (Lipinski definition) is 5. The van der Waals surface area contributed by atoms with Gasteiger partial charge in [0.1, 0.15) is 0 Å². The second-order valence-electron chi connectivity index (χ2n) is 9.63. The summed E-state index contributed by atoms with van der Waals surface area (Å²) in [5, 5.41) is 9.51. The number of rotatable bonds is 8. The van der Waals surface area contributed by atoms with E-state index in [2.05, 4.69) is 16.0 Å². The lowest BCUT2D eigenvalue weighted by atomic mass is 10.1. The summed E-state index contributed by atoms with van der Waals surface area (Å²) < 4.78 is 67.4. The van der Waals surface area contributed by atoms with Crippen molar-refractivity contribution in [2.45, 2.75) is 38.0 Å². The molecule has 0 saturated carbocycles. The molecule has 6 nitrogen and oxygen atoms in total. The highest BCUT2D eigenvalue weighted by atomic mass is 35.5. The highest BCUT2D eigenvalue weighted by Crippen LogP contribution is 2.31. The summed E-state index contributed by atoms with van der Waals surface area (Å²) in [6, 6.07) is 7.60. The third-order valence-corrected chi connectivity index (χ3v) is 7.15. The molecular weight excluding hydrogens is 529 g/mol. The first-order chi connectivity index (χ1) is 18.1. The van der Waals surface area contributed by atoms with Gasteiger partial charge in [-0.1, -0.05) is 17.7 Å². The van der Waals surface area contributed by atoms with E-state index in [0.29, 0.717) is 42.6 Å². The summed E-state index contributed by atoms with van der Waals surface area (Å²) in [4.78, 5) is 16.6. The van der Waals surface area contributed by atoms with Crippen LogP contribution in [-0.4, -0.2) is 68.8 Å². The lowest BCUT2D eigenvalue weighted by Gasteiger charge is -2.37. The van der Waals surface area contributed by atoms with Crippen LogP contribution < -0.4 is 20.9 Å². The molecule has 2 aromatic carbocycles. The number of piperazine rings is 1. The van der Waals surface area contributed by atoms with E-state index in [-0.39, 0.29) is 24.7 Å². The molecule has 4 rings (SSSR count). The zero-order valence-electron chi connectivity index (χ0n) is 20.8. The largest absolute Gasteiger partial charge is 0.390 e. The molecule has 2 saturated heterocycles. The van der Waals surface area contributed by atoms with Crippen LogP contribution in [0.1, 0.15) is 35.2 Å². The third-order valence-electron chi connectivity index (χ3n) is 6.92. The van der Waals surface area contributed by atoms with Gasteiger partial charge in [-0.15, -0.1) is 0 Å². The number of benzene rings is 2. The first kappa shape index (κ1) is 28.5. The molecule has 0 spiro atoms. The van der Waals surface area contributed by atoms with Crippen LogP contribution in [0.3, 0.4) is 0 Å². The average molecular weight is 560 g/mol. The molecule has 0 aliphatic carbocycles. The van der Waals surface area contributed by atoms with Crippen molar-refractivity contribution in [1.29, 1.82) is 0 Å². The lowest BCUT2D eigenvalue weighted by Crippen LogP contribution is -2.47. The fourth-order valence-electron chi connectivity index (χ4n) is 4.74. The standard InChI is InChI=1S/C26H31ClF5N5O/c27-18-4-6-21(22(14-18)37-12-10-36(11-13-37)9-7-26(30,31)32)35-25(38)20-5-3-17(23(28)24(20)29)15-34-19-2-1-8-33-16-19/h3-6,14,19,33-34H,1-2,7-13,15-16H2,(H,35,38). The Morgan fingerprint density at radius 3 is 2.53 bits per heavy atom. The first-order valence-corrected chi connectivity index (χ1v) is 13.0. The van der Waals surface area contributed by atoms with Crippen LogP contribution in [0.25, 0.3) is 0 Å². The van der Waals surface area contributed by atoms with Crippen LogP contribution in [0.2, 0.25) is 5.02 Å². The fourth-order valence-corrected chi connectivity index (χ4v) is 4.91. The molecule has 0 aromatic heterocycles. The molecule has 2 aliphatic rings. The molecule has 208 valence electrons. The molecule has 3 N–H and O–H groups in total. The van der Waals surface area contributed by atoms with E-state index in [9.17, 15) is 26.7 Å². The van der Waals surface area contributed by atoms with Crippen LogP contribution in [0, 0.1) is 11.6 Å². The van der Waals surface area contributed by atoms with Crippen molar-refractivity contribution in [3.05, 3.63) is 58.1 Å². The van der Waals surface area contributed by atoms with Crippen LogP contribution in [0.4, 0.5) is 33.3 Å². The molecule has 1 atom stereocenters. The van der Waals surface area contributed by atoms with Gasteiger partial charge in [-0.2, -0.15) is 13.2 Å². The number of hydrogen-bond donors (Lipinski definition) is 3. The zero-order valence-corrected chi connectivity index (χ0v) is 21.6. The Labute approximate surface area is 223 Å². The molecule has 2 aromatic rings. The van der Waals surface area contributed by atoms with E-state index in [1.165, 1.54) is 12.1 Å². The van der Waals surface area contributed by atoms with Gasteiger partial charge in [-0.05, 0) is 43.7 Å². The predicted octanol–water partition coefficient (Wildman–Crippen LogP) is 4.79. The van der Waals surface area contributed by atoms with E-state index >= 15 is 0 Å². The molecule has 2 heterocycles. The van der Waals surface area contributed by atoms with E-state index < -0.39 is 35.7 Å². The number of nitrogens with zero attached hydrogens (tertiary/aromatic N) is 2. The highest BCUT2D eigenvalue weighted by Gasteiger charge is 2.29. The molecule has 38 heavy (non-hydrogen) atoms. The van der Waals surface area contributed by atoms with Gasteiger partial charge >= 0.3 is 6.18 Å². The summed E-state index contributed by atoms with van der Waals surface area (Å²) in [6.45, 7) is 3.42. The van der Waals surface area contributed by atoms with Gasteiger partial charge in [0.25, 0.3) is 5.91 Å². The Morgan fingerprint density at radius 1 is 1.08 bits per heavy atom. The minimum atomic E-state index is -4.21. The highest BCUT2D eigenvalue weighted by molar-refractivity contribution is 6.31. The molecule has 1 unspecified atom stereocenters. The Hall–Kier alpha value is -2.47. The zero-order chi connectivity index (χ0) is 27.3. The average Bonchev–Trinajstić information content (AvgIpc) is 2.90. The maximum Gasteiger partial charge on any atom is 0.390 e. The molecular formula is C26H31ClF5N5O. The van der Waals surface area contributed by atoms with Gasteiger partial charge in [0.2, 0.25) is 0 Å². The maximum atomic E-state index is 14.9. The number of carbonyl (C=O) groups is 1. The van der Waals surface area contributed by atoms with Gasteiger partial charge in [-0.3, -0.25) is 9.69 Å². The lowest BCUT2D eigenvalue weighted by molar-refractivity contribution is -0.138. The van der Waals surface area contributed by atoms with Crippen molar-refractivity contribution in [1.82, 2.24) is 15.5 Å². The smallest absolute Gasteiger partial charge is 0.367 e. The molecule has 12 heteroatoms. The van der Waals surface area contributed by atoms with E-state index in [0.717, 1.165) is 25.9 Å². The first-order valence-electron chi connectivity index (χ1n) is 12.7. The van der Waals surface area contributed by atoms with E-state index in [1.807, 2.05) is 4.90 Å². The van der Waals surface area contributed by atoms with Gasteiger partial charge in [0.05, 0.1) is 23.4 Å². The minimum Gasteiger partial charge on any atom is -0.367 e. The van der Waals surface area contributed by atoms with Gasteiger partial charge in [-0.25, -0.2) is 8.78 Å². The Bertz CT molecular complexity index is 1120. The fraction of sp³-hybridized carbons (Fsp3) is 0.500. The van der Waals surface area contributed by atoms with Crippen molar-refractivity contribution >= 4 is 28.9 Å². The van der Waals surface area contributed by atoms with Crippen LogP contribution in [-0.2, 0) is 6.54 Å². The number of piperidine rings is 1. The van der Waals surface area contributed by atoms with Crippen molar-refractivity contribution in [3.8, 4) is 0 Å². The summed E-state index contributed by atoms with van der Waals surface area (Å²) in [5.41, 5.74) is 0.617. The number of anilines is 2. The SMILES string of the molecule is O=C(Nc1ccc(Cl)cc1N1CCN(CCC(F)(F)F)CC1)c1ccc(CNC2CCCNC2)c(F)c1F. The normalized spacial score (nSPS) is 19.0. The van der Waals surface area contributed by atoms with Crippen LogP contribution in [0.5, 0.6) is 0 Å². The molecule has 2 aliphatic heterocycles. The monoisotopic (exact) mass is 559 g/mol. The third kappa shape index (κ3) is 7.56. The molecule has 0 radical (unpaired) electrons. The van der Waals surface area contributed by atoms with Crippen molar-refractivity contribution < 1.29 is 26.7 Å². The second-order valence-corrected chi connectivity index (χ2v) is 10.1. The topological polar surface area (TPSA) is 59.6 Å². The summed E-state index contributed by atoms with van der Waals surface area (Å²) >= 11 is 6.17. The minimum absolute atomic E-state index is 0.0790. The number of alkyl halides is 3. The number of carbonyl (C=O) groups excluding carboxylic acids is 1. The van der Waals surface area contributed by atoms with Gasteiger partial charge in [0.15, 0.2) is 11.6 Å². The van der Waals surface area contributed by atoms with Crippen molar-refractivity contribution in [3.63, 3.8) is 0 Å². The van der Waals surface area contributed by atoms with Gasteiger partial charge < -0.3 is 20.9 Å². The van der Waals surface area contributed by atoms with Gasteiger partial charge in [0, 0.05) is 62.4 Å². The molecule has 1 amide bonds.